The van der Waals surface area contributed by atoms with Crippen molar-refractivity contribution in [2.24, 2.45) is 5.10 Å². The molecule has 0 saturated carbocycles. The van der Waals surface area contributed by atoms with Crippen molar-refractivity contribution in [3.63, 3.8) is 0 Å². The zero-order valence-electron chi connectivity index (χ0n) is 11.5. The average molecular weight is 371 g/mol. The summed E-state index contributed by atoms with van der Waals surface area (Å²) in [7, 11) is 0. The van der Waals surface area contributed by atoms with Gasteiger partial charge < -0.3 is 5.11 Å². The third-order valence-corrected chi connectivity index (χ3v) is 3.77. The summed E-state index contributed by atoms with van der Waals surface area (Å²) in [5.41, 5.74) is 3.25. The van der Waals surface area contributed by atoms with Crippen LogP contribution in [0.25, 0.3) is 6.08 Å². The van der Waals surface area contributed by atoms with Crippen molar-refractivity contribution in [2.75, 3.05) is 5.43 Å². The van der Waals surface area contributed by atoms with Crippen LogP contribution in [0.15, 0.2) is 41.5 Å². The predicted molar refractivity (Wildman–Crippen MR) is 93.8 cm³/mol. The highest BCUT2D eigenvalue weighted by molar-refractivity contribution is 6.46. The highest BCUT2D eigenvalue weighted by atomic mass is 35.5. The molecule has 0 amide bonds. The first kappa shape index (κ1) is 17.3. The van der Waals surface area contributed by atoms with Crippen LogP contribution in [0, 0.1) is 0 Å². The van der Waals surface area contributed by atoms with E-state index in [-0.39, 0.29) is 20.9 Å². The molecule has 0 radical (unpaired) electrons. The number of hydrazone groups is 1. The number of rotatable bonds is 5. The van der Waals surface area contributed by atoms with Crippen molar-refractivity contribution in [3.05, 3.63) is 62.9 Å². The largest absolute Gasteiger partial charge is 0.476 e. The van der Waals surface area contributed by atoms with Crippen LogP contribution in [-0.4, -0.2) is 22.3 Å². The van der Waals surface area contributed by atoms with Crippen LogP contribution < -0.4 is 5.43 Å². The molecule has 2 rings (SSSR count). The van der Waals surface area contributed by atoms with Gasteiger partial charge in [0, 0.05) is 6.21 Å². The molecule has 0 aliphatic rings. The molecule has 0 saturated heterocycles. The Morgan fingerprint density at radius 3 is 2.52 bits per heavy atom. The summed E-state index contributed by atoms with van der Waals surface area (Å²) < 4.78 is 0. The number of carboxylic acid groups (broad SMARTS) is 1. The monoisotopic (exact) mass is 369 g/mol. The number of aromatic carboxylic acids is 1. The zero-order chi connectivity index (χ0) is 16.8. The molecule has 8 heteroatoms. The third-order valence-electron chi connectivity index (χ3n) is 2.67. The van der Waals surface area contributed by atoms with E-state index in [2.05, 4.69) is 15.5 Å². The molecule has 2 N–H and O–H groups in total. The lowest BCUT2D eigenvalue weighted by Gasteiger charge is -2.09. The fourth-order valence-corrected chi connectivity index (χ4v) is 2.28. The summed E-state index contributed by atoms with van der Waals surface area (Å²) in [5, 5.41) is 12.6. The summed E-state index contributed by atoms with van der Waals surface area (Å²) in [4.78, 5) is 14.7. The lowest BCUT2D eigenvalue weighted by Crippen LogP contribution is -2.05. The SMILES string of the molecule is O=C(O)c1nc(Cl)c(Cl)c(N/N=C/C=C/c2ccccc2)c1Cl. The van der Waals surface area contributed by atoms with Crippen LogP contribution in [0.2, 0.25) is 15.2 Å². The van der Waals surface area contributed by atoms with Gasteiger partial charge in [0.15, 0.2) is 10.8 Å². The van der Waals surface area contributed by atoms with Gasteiger partial charge in [0.25, 0.3) is 0 Å². The van der Waals surface area contributed by atoms with Crippen molar-refractivity contribution < 1.29 is 9.90 Å². The van der Waals surface area contributed by atoms with Crippen LogP contribution >= 0.6 is 34.8 Å². The van der Waals surface area contributed by atoms with Crippen molar-refractivity contribution in [1.29, 1.82) is 0 Å². The van der Waals surface area contributed by atoms with E-state index in [1.165, 1.54) is 6.21 Å². The molecule has 0 unspecified atom stereocenters. The number of hydrogen-bond acceptors (Lipinski definition) is 4. The minimum Gasteiger partial charge on any atom is -0.476 e. The highest BCUT2D eigenvalue weighted by Crippen LogP contribution is 2.36. The summed E-state index contributed by atoms with van der Waals surface area (Å²) in [5.74, 6) is -1.32. The second-order valence-corrected chi connectivity index (χ2v) is 5.33. The molecule has 118 valence electrons. The van der Waals surface area contributed by atoms with E-state index in [0.29, 0.717) is 0 Å². The van der Waals surface area contributed by atoms with E-state index < -0.39 is 11.7 Å². The Kier molecular flexibility index (Phi) is 5.98. The number of pyridine rings is 1. The Labute approximate surface area is 147 Å². The summed E-state index contributed by atoms with van der Waals surface area (Å²) in [6, 6.07) is 9.63. The number of allylic oxidation sites excluding steroid dienone is 1. The molecule has 1 aromatic heterocycles. The number of carboxylic acids is 1. The molecule has 0 bridgehead atoms. The van der Waals surface area contributed by atoms with E-state index in [9.17, 15) is 4.79 Å². The molecular weight excluding hydrogens is 361 g/mol. The lowest BCUT2D eigenvalue weighted by atomic mass is 10.2. The van der Waals surface area contributed by atoms with E-state index >= 15 is 0 Å². The molecule has 1 heterocycles. The molecule has 0 aliphatic carbocycles. The standard InChI is InChI=1S/C15H10Cl3N3O2/c16-10-12(11(17)14(18)20-13(10)15(22)23)21-19-8-4-7-9-5-2-1-3-6-9/h1-8H,(H,20,21)(H,22,23)/b7-4+,19-8+. The van der Waals surface area contributed by atoms with Crippen molar-refractivity contribution in [2.45, 2.75) is 0 Å². The molecule has 0 aliphatic heterocycles. The van der Waals surface area contributed by atoms with Gasteiger partial charge >= 0.3 is 5.97 Å². The highest BCUT2D eigenvalue weighted by Gasteiger charge is 2.20. The number of nitrogens with zero attached hydrogens (tertiary/aromatic N) is 2. The maximum Gasteiger partial charge on any atom is 0.356 e. The third kappa shape index (κ3) is 4.45. The topological polar surface area (TPSA) is 74.6 Å². The predicted octanol–water partition coefficient (Wildman–Crippen LogP) is 4.85. The van der Waals surface area contributed by atoms with Crippen LogP contribution in [0.3, 0.4) is 0 Å². The van der Waals surface area contributed by atoms with Gasteiger partial charge in [-0.3, -0.25) is 5.43 Å². The maximum absolute atomic E-state index is 11.0. The van der Waals surface area contributed by atoms with Gasteiger partial charge in [0.1, 0.15) is 10.0 Å². The Morgan fingerprint density at radius 1 is 1.17 bits per heavy atom. The number of aromatic nitrogens is 1. The summed E-state index contributed by atoms with van der Waals surface area (Å²) in [6.45, 7) is 0. The van der Waals surface area contributed by atoms with E-state index in [1.807, 2.05) is 36.4 Å². The lowest BCUT2D eigenvalue weighted by molar-refractivity contribution is 0.0691. The molecule has 0 fully saturated rings. The Hall–Kier alpha value is -2.08. The van der Waals surface area contributed by atoms with Crippen LogP contribution in [0.4, 0.5) is 5.69 Å². The molecule has 23 heavy (non-hydrogen) atoms. The van der Waals surface area contributed by atoms with Crippen molar-refractivity contribution in [3.8, 4) is 0 Å². The van der Waals surface area contributed by atoms with Crippen molar-refractivity contribution >= 4 is 58.8 Å². The minimum absolute atomic E-state index is 0.00847. The van der Waals surface area contributed by atoms with Gasteiger partial charge in [-0.1, -0.05) is 71.2 Å². The smallest absolute Gasteiger partial charge is 0.356 e. The number of anilines is 1. The number of halogens is 3. The first-order valence-corrected chi connectivity index (χ1v) is 7.42. The van der Waals surface area contributed by atoms with Gasteiger partial charge in [-0.15, -0.1) is 0 Å². The molecule has 1 aromatic carbocycles. The van der Waals surface area contributed by atoms with E-state index in [1.54, 1.807) is 6.08 Å². The van der Waals surface area contributed by atoms with Gasteiger partial charge in [-0.05, 0) is 11.6 Å². The number of hydrogen-bond donors (Lipinski definition) is 2. The van der Waals surface area contributed by atoms with Crippen LogP contribution in [-0.2, 0) is 0 Å². The Morgan fingerprint density at radius 2 is 1.87 bits per heavy atom. The van der Waals surface area contributed by atoms with Gasteiger partial charge in [-0.25, -0.2) is 9.78 Å². The first-order chi connectivity index (χ1) is 11.0. The number of benzene rings is 1. The van der Waals surface area contributed by atoms with Gasteiger partial charge in [0.05, 0.1) is 5.69 Å². The molecule has 0 spiro atoms. The van der Waals surface area contributed by atoms with Crippen molar-refractivity contribution in [1.82, 2.24) is 4.98 Å². The number of carbonyl (C=O) groups is 1. The molecule has 5 nitrogen and oxygen atoms in total. The molecule has 0 atom stereocenters. The Bertz CT molecular complexity index is 777. The second kappa shape index (κ2) is 7.97. The fourth-order valence-electron chi connectivity index (χ4n) is 1.62. The zero-order valence-corrected chi connectivity index (χ0v) is 13.8. The fraction of sp³-hybridized carbons (Fsp3) is 0. The van der Waals surface area contributed by atoms with E-state index in [0.717, 1.165) is 5.56 Å². The summed E-state index contributed by atoms with van der Waals surface area (Å²) in [6.07, 6.45) is 5.01. The van der Waals surface area contributed by atoms with Crippen LogP contribution in [0.1, 0.15) is 16.1 Å². The summed E-state index contributed by atoms with van der Waals surface area (Å²) >= 11 is 17.7. The number of nitrogens with one attached hydrogen (secondary N) is 1. The Balaban J connectivity index is 2.15. The molecular formula is C15H10Cl3N3O2. The van der Waals surface area contributed by atoms with Gasteiger partial charge in [-0.2, -0.15) is 5.10 Å². The van der Waals surface area contributed by atoms with Crippen LogP contribution in [0.5, 0.6) is 0 Å². The average Bonchev–Trinajstić information content (AvgIpc) is 2.54. The molecule has 2 aromatic rings. The maximum atomic E-state index is 11.0. The minimum atomic E-state index is -1.32. The normalized spacial score (nSPS) is 11.3. The quantitative estimate of drug-likeness (QED) is 0.448. The first-order valence-electron chi connectivity index (χ1n) is 6.29. The van der Waals surface area contributed by atoms with Gasteiger partial charge in [0.2, 0.25) is 0 Å². The second-order valence-electron chi connectivity index (χ2n) is 4.22. The van der Waals surface area contributed by atoms with E-state index in [4.69, 9.17) is 39.9 Å².